The van der Waals surface area contributed by atoms with Gasteiger partial charge in [0, 0.05) is 16.7 Å². The molecule has 0 aliphatic carbocycles. The number of phenolic OH excluding ortho intramolecular Hbond substituents is 1. The molecule has 0 aromatic heterocycles. The van der Waals surface area contributed by atoms with Gasteiger partial charge in [-0.25, -0.2) is 5.43 Å². The van der Waals surface area contributed by atoms with E-state index in [1.807, 2.05) is 0 Å². The summed E-state index contributed by atoms with van der Waals surface area (Å²) in [5.74, 6) is -1.50. The summed E-state index contributed by atoms with van der Waals surface area (Å²) >= 11 is 5.84. The minimum atomic E-state index is -2.04. The molecule has 0 atom stereocenters. The summed E-state index contributed by atoms with van der Waals surface area (Å²) in [5, 5.41) is 36.0. The second-order valence-electron chi connectivity index (χ2n) is 6.26. The first-order valence-electron chi connectivity index (χ1n) is 8.68. The van der Waals surface area contributed by atoms with E-state index in [0.717, 1.165) is 12.3 Å². The number of nitro groups is 1. The van der Waals surface area contributed by atoms with Gasteiger partial charge in [0.1, 0.15) is 0 Å². The molecule has 30 heavy (non-hydrogen) atoms. The number of hydrazone groups is 1. The normalized spacial score (nSPS) is 11.4. The topological polar surface area (TPSA) is 125 Å². The molecule has 3 rings (SSSR count). The Morgan fingerprint density at radius 3 is 2.10 bits per heavy atom. The van der Waals surface area contributed by atoms with E-state index in [1.165, 1.54) is 6.07 Å². The molecule has 1 amide bonds. The van der Waals surface area contributed by atoms with Gasteiger partial charge < -0.3 is 10.2 Å². The lowest BCUT2D eigenvalue weighted by atomic mass is 9.85. The lowest BCUT2D eigenvalue weighted by Crippen LogP contribution is -2.43. The van der Waals surface area contributed by atoms with Crippen LogP contribution in [0.1, 0.15) is 16.7 Å². The molecule has 152 valence electrons. The van der Waals surface area contributed by atoms with Crippen molar-refractivity contribution >= 4 is 29.4 Å². The van der Waals surface area contributed by atoms with Crippen molar-refractivity contribution in [1.29, 1.82) is 0 Å². The highest BCUT2D eigenvalue weighted by Gasteiger charge is 2.39. The first-order chi connectivity index (χ1) is 14.3. The van der Waals surface area contributed by atoms with E-state index in [1.54, 1.807) is 60.7 Å². The van der Waals surface area contributed by atoms with Crippen LogP contribution in [0.4, 0.5) is 5.69 Å². The van der Waals surface area contributed by atoms with Gasteiger partial charge in [0.25, 0.3) is 5.91 Å². The van der Waals surface area contributed by atoms with Gasteiger partial charge in [0.05, 0.1) is 11.1 Å². The standard InChI is InChI=1S/C21H16ClN3O5/c22-17-11-14(19(26)18(12-17)25(29)30)13-23-24-20(27)21(28,15-7-3-1-4-8-15)16-9-5-2-6-10-16/h1-13,26,28H,(H,24,27). The fourth-order valence-electron chi connectivity index (χ4n) is 2.87. The number of aromatic hydroxyl groups is 1. The third kappa shape index (κ3) is 4.14. The molecule has 0 spiro atoms. The second-order valence-corrected chi connectivity index (χ2v) is 6.70. The van der Waals surface area contributed by atoms with Gasteiger partial charge in [-0.15, -0.1) is 0 Å². The van der Waals surface area contributed by atoms with Gasteiger partial charge in [-0.1, -0.05) is 72.3 Å². The molecule has 0 unspecified atom stereocenters. The van der Waals surface area contributed by atoms with Gasteiger partial charge in [-0.2, -0.15) is 5.10 Å². The van der Waals surface area contributed by atoms with E-state index in [-0.39, 0.29) is 10.6 Å². The van der Waals surface area contributed by atoms with Crippen molar-refractivity contribution in [2.75, 3.05) is 0 Å². The molecule has 0 fully saturated rings. The first kappa shape index (κ1) is 21.0. The van der Waals surface area contributed by atoms with E-state index in [9.17, 15) is 25.1 Å². The van der Waals surface area contributed by atoms with Crippen molar-refractivity contribution in [2.24, 2.45) is 5.10 Å². The van der Waals surface area contributed by atoms with Gasteiger partial charge in [0.15, 0.2) is 5.60 Å². The molecule has 3 aromatic rings. The van der Waals surface area contributed by atoms with Gasteiger partial charge in [-0.3, -0.25) is 14.9 Å². The lowest BCUT2D eigenvalue weighted by Gasteiger charge is -2.27. The third-order valence-corrected chi connectivity index (χ3v) is 4.58. The number of amides is 1. The monoisotopic (exact) mass is 425 g/mol. The number of hydrogen-bond donors (Lipinski definition) is 3. The number of halogens is 1. The van der Waals surface area contributed by atoms with Gasteiger partial charge >= 0.3 is 5.69 Å². The molecule has 0 saturated heterocycles. The Morgan fingerprint density at radius 1 is 1.07 bits per heavy atom. The van der Waals surface area contributed by atoms with Crippen molar-refractivity contribution in [3.8, 4) is 5.75 Å². The Balaban J connectivity index is 1.92. The number of nitrogens with one attached hydrogen (secondary N) is 1. The maximum Gasteiger partial charge on any atom is 0.312 e. The molecule has 3 aromatic carbocycles. The average Bonchev–Trinajstić information content (AvgIpc) is 2.76. The lowest BCUT2D eigenvalue weighted by molar-refractivity contribution is -0.385. The minimum absolute atomic E-state index is 0.0114. The molecular weight excluding hydrogens is 410 g/mol. The molecule has 0 bridgehead atoms. The van der Waals surface area contributed by atoms with Crippen LogP contribution in [-0.4, -0.2) is 27.3 Å². The predicted octanol–water partition coefficient (Wildman–Crippen LogP) is 3.34. The number of hydrogen-bond acceptors (Lipinski definition) is 6. The number of phenols is 1. The molecule has 3 N–H and O–H groups in total. The number of nitro benzene ring substituents is 1. The molecule has 0 saturated carbocycles. The highest BCUT2D eigenvalue weighted by molar-refractivity contribution is 6.31. The Bertz CT molecular complexity index is 1060. The molecule has 8 nitrogen and oxygen atoms in total. The maximum absolute atomic E-state index is 12.9. The summed E-state index contributed by atoms with van der Waals surface area (Å²) in [6, 6.07) is 18.9. The highest BCUT2D eigenvalue weighted by Crippen LogP contribution is 2.32. The molecule has 0 heterocycles. The van der Waals surface area contributed by atoms with E-state index in [0.29, 0.717) is 11.1 Å². The number of aliphatic hydroxyl groups is 1. The summed E-state index contributed by atoms with van der Waals surface area (Å²) in [6.07, 6.45) is 1.00. The van der Waals surface area contributed by atoms with Crippen LogP contribution in [-0.2, 0) is 10.4 Å². The van der Waals surface area contributed by atoms with E-state index in [4.69, 9.17) is 11.6 Å². The Morgan fingerprint density at radius 2 is 1.60 bits per heavy atom. The molecule has 9 heteroatoms. The Labute approximate surface area is 176 Å². The second kappa shape index (κ2) is 8.73. The molecule has 0 aliphatic heterocycles. The van der Waals surface area contributed by atoms with Crippen LogP contribution in [0.3, 0.4) is 0 Å². The summed E-state index contributed by atoms with van der Waals surface area (Å²) < 4.78 is 0. The van der Waals surface area contributed by atoms with Crippen molar-refractivity contribution in [3.05, 3.63) is 105 Å². The van der Waals surface area contributed by atoms with Gasteiger partial charge in [0.2, 0.25) is 5.75 Å². The summed E-state index contributed by atoms with van der Waals surface area (Å²) in [7, 11) is 0. The third-order valence-electron chi connectivity index (χ3n) is 4.36. The van der Waals surface area contributed by atoms with Crippen LogP contribution in [0.2, 0.25) is 5.02 Å². The van der Waals surface area contributed by atoms with E-state index in [2.05, 4.69) is 10.5 Å². The fraction of sp³-hybridized carbons (Fsp3) is 0.0476. The summed E-state index contributed by atoms with van der Waals surface area (Å²) in [6.45, 7) is 0. The first-order valence-corrected chi connectivity index (χ1v) is 9.05. The number of nitrogens with zero attached hydrogens (tertiary/aromatic N) is 2. The zero-order valence-corrected chi connectivity index (χ0v) is 16.2. The van der Waals surface area contributed by atoms with E-state index >= 15 is 0 Å². The van der Waals surface area contributed by atoms with Crippen LogP contribution in [0.25, 0.3) is 0 Å². The Hall–Kier alpha value is -3.75. The Kier molecular flexibility index (Phi) is 6.10. The van der Waals surface area contributed by atoms with Crippen LogP contribution in [0.15, 0.2) is 77.9 Å². The number of benzene rings is 3. The van der Waals surface area contributed by atoms with Crippen LogP contribution in [0.5, 0.6) is 5.75 Å². The molecular formula is C21H16ClN3O5. The summed E-state index contributed by atoms with van der Waals surface area (Å²) in [4.78, 5) is 23.1. The molecule has 0 aliphatic rings. The number of carbonyl (C=O) groups is 1. The average molecular weight is 426 g/mol. The zero-order valence-electron chi connectivity index (χ0n) is 15.4. The highest BCUT2D eigenvalue weighted by atomic mass is 35.5. The van der Waals surface area contributed by atoms with Crippen LogP contribution in [0, 0.1) is 10.1 Å². The smallest absolute Gasteiger partial charge is 0.312 e. The quantitative estimate of drug-likeness (QED) is 0.317. The fourth-order valence-corrected chi connectivity index (χ4v) is 3.09. The van der Waals surface area contributed by atoms with Crippen LogP contribution < -0.4 is 5.43 Å². The number of rotatable bonds is 6. The zero-order chi connectivity index (χ0) is 21.7. The maximum atomic E-state index is 12.9. The largest absolute Gasteiger partial charge is 0.502 e. The number of carbonyl (C=O) groups excluding carboxylic acids is 1. The molecule has 0 radical (unpaired) electrons. The van der Waals surface area contributed by atoms with Crippen molar-refractivity contribution in [1.82, 2.24) is 5.43 Å². The minimum Gasteiger partial charge on any atom is -0.502 e. The summed E-state index contributed by atoms with van der Waals surface area (Å²) in [5.41, 5.74) is 0.161. The van der Waals surface area contributed by atoms with Crippen molar-refractivity contribution < 1.29 is 19.9 Å². The van der Waals surface area contributed by atoms with E-state index < -0.39 is 27.9 Å². The van der Waals surface area contributed by atoms with Gasteiger partial charge in [-0.05, 0) is 17.2 Å². The van der Waals surface area contributed by atoms with Crippen molar-refractivity contribution in [2.45, 2.75) is 5.60 Å². The van der Waals surface area contributed by atoms with Crippen LogP contribution >= 0.6 is 11.6 Å². The van der Waals surface area contributed by atoms with Crippen molar-refractivity contribution in [3.63, 3.8) is 0 Å². The SMILES string of the molecule is O=C(NN=Cc1cc(Cl)cc([N+](=O)[O-])c1O)C(O)(c1ccccc1)c1ccccc1. The predicted molar refractivity (Wildman–Crippen MR) is 111 cm³/mol.